The van der Waals surface area contributed by atoms with Crippen molar-refractivity contribution in [2.45, 2.75) is 44.2 Å². The van der Waals surface area contributed by atoms with E-state index in [9.17, 15) is 4.79 Å². The van der Waals surface area contributed by atoms with Crippen LogP contribution >= 0.6 is 0 Å². The first kappa shape index (κ1) is 19.2. The number of rotatable bonds is 4. The first-order valence-electron chi connectivity index (χ1n) is 10.8. The second-order valence-electron chi connectivity index (χ2n) is 8.83. The number of hydrogen-bond acceptors (Lipinski definition) is 3. The summed E-state index contributed by atoms with van der Waals surface area (Å²) in [7, 11) is 1.71. The van der Waals surface area contributed by atoms with Crippen LogP contribution in [0.5, 0.6) is 5.75 Å². The molecule has 2 saturated heterocycles. The molecule has 3 heterocycles. The smallest absolute Gasteiger partial charge is 0.220 e. The molecule has 0 aliphatic carbocycles. The molecule has 0 saturated carbocycles. The lowest BCUT2D eigenvalue weighted by molar-refractivity contribution is -0.125. The molecule has 0 bridgehead atoms. The number of nitrogens with one attached hydrogen (secondary N) is 2. The predicted molar refractivity (Wildman–Crippen MR) is 119 cm³/mol. The number of hydrogen-bond donors (Lipinski definition) is 2. The highest BCUT2D eigenvalue weighted by Gasteiger charge is 2.49. The lowest BCUT2D eigenvalue weighted by Crippen LogP contribution is -2.56. The van der Waals surface area contributed by atoms with Crippen molar-refractivity contribution in [3.05, 3.63) is 65.4 Å². The van der Waals surface area contributed by atoms with E-state index in [1.54, 1.807) is 7.11 Å². The van der Waals surface area contributed by atoms with E-state index in [0.29, 0.717) is 6.42 Å². The number of carbonyl (C=O) groups excluding carboxylic acids is 1. The standard InChI is InChI=1S/C25H29N3O2/c1-17-20-9-3-4-10-22(20)26-23(17)15-28-14-21(18-7-5-8-19(13-18)30-2)25(16-28)12-6-11-24(29)27-25/h3-5,7-10,13,21,26H,6,11-12,14-16H2,1-2H3,(H,27,29)/t21-,25+/m0/s1. The third kappa shape index (κ3) is 3.27. The number of methoxy groups -OCH3 is 1. The zero-order valence-corrected chi connectivity index (χ0v) is 17.7. The van der Waals surface area contributed by atoms with E-state index in [0.717, 1.165) is 38.2 Å². The van der Waals surface area contributed by atoms with Crippen molar-refractivity contribution in [3.63, 3.8) is 0 Å². The average molecular weight is 404 g/mol. The third-order valence-electron chi connectivity index (χ3n) is 6.98. The van der Waals surface area contributed by atoms with Gasteiger partial charge in [-0.15, -0.1) is 0 Å². The normalized spacial score (nSPS) is 24.5. The average Bonchev–Trinajstić information content (AvgIpc) is 3.25. The molecule has 2 aliphatic heterocycles. The molecule has 5 heteroatoms. The summed E-state index contributed by atoms with van der Waals surface area (Å²) in [6, 6.07) is 16.8. The van der Waals surface area contributed by atoms with E-state index in [1.165, 1.54) is 27.7 Å². The van der Waals surface area contributed by atoms with Gasteiger partial charge in [-0.25, -0.2) is 0 Å². The second kappa shape index (κ2) is 7.47. The van der Waals surface area contributed by atoms with E-state index in [2.05, 4.69) is 64.6 Å². The number of fused-ring (bicyclic) bond motifs is 1. The van der Waals surface area contributed by atoms with Gasteiger partial charge in [-0.1, -0.05) is 30.3 Å². The number of aryl methyl sites for hydroxylation is 1. The molecule has 1 amide bonds. The molecule has 1 spiro atoms. The Labute approximate surface area is 177 Å². The van der Waals surface area contributed by atoms with Crippen LogP contribution in [-0.2, 0) is 11.3 Å². The van der Waals surface area contributed by atoms with Crippen LogP contribution in [0.15, 0.2) is 48.5 Å². The summed E-state index contributed by atoms with van der Waals surface area (Å²) >= 11 is 0. The molecule has 5 rings (SSSR count). The number of benzene rings is 2. The van der Waals surface area contributed by atoms with Gasteiger partial charge >= 0.3 is 0 Å². The molecule has 1 aromatic heterocycles. The van der Waals surface area contributed by atoms with Crippen molar-refractivity contribution in [1.82, 2.24) is 15.2 Å². The first-order chi connectivity index (χ1) is 14.6. The molecule has 5 nitrogen and oxygen atoms in total. The highest BCUT2D eigenvalue weighted by molar-refractivity contribution is 5.84. The van der Waals surface area contributed by atoms with Crippen LogP contribution in [0, 0.1) is 6.92 Å². The van der Waals surface area contributed by atoms with Gasteiger partial charge in [0.25, 0.3) is 0 Å². The SMILES string of the molecule is COc1cccc([C@@H]2CN(Cc3[nH]c4ccccc4c3C)C[C@]23CCCC(=O)N3)c1. The Balaban J connectivity index is 1.47. The molecule has 30 heavy (non-hydrogen) atoms. The van der Waals surface area contributed by atoms with E-state index < -0.39 is 0 Å². The minimum absolute atomic E-state index is 0.179. The molecule has 2 fully saturated rings. The van der Waals surface area contributed by atoms with Crippen LogP contribution in [-0.4, -0.2) is 41.5 Å². The van der Waals surface area contributed by atoms with Crippen LogP contribution in [0.1, 0.15) is 42.0 Å². The quantitative estimate of drug-likeness (QED) is 0.689. The zero-order valence-electron chi connectivity index (χ0n) is 17.7. The molecule has 2 aliphatic rings. The van der Waals surface area contributed by atoms with Gasteiger partial charge in [0.2, 0.25) is 5.91 Å². The molecule has 156 valence electrons. The number of H-pyrrole nitrogens is 1. The summed E-state index contributed by atoms with van der Waals surface area (Å²) in [6.07, 6.45) is 2.60. The van der Waals surface area contributed by atoms with Crippen molar-refractivity contribution in [2.75, 3.05) is 20.2 Å². The maximum Gasteiger partial charge on any atom is 0.220 e. The topological polar surface area (TPSA) is 57.4 Å². The fourth-order valence-corrected chi connectivity index (χ4v) is 5.48. The Kier molecular flexibility index (Phi) is 4.78. The Morgan fingerprint density at radius 3 is 2.87 bits per heavy atom. The van der Waals surface area contributed by atoms with Crippen molar-refractivity contribution in [1.29, 1.82) is 0 Å². The van der Waals surface area contributed by atoms with E-state index in [1.807, 2.05) is 6.07 Å². The van der Waals surface area contributed by atoms with Gasteiger partial charge < -0.3 is 15.0 Å². The number of ether oxygens (including phenoxy) is 1. The largest absolute Gasteiger partial charge is 0.497 e. The molecule has 0 radical (unpaired) electrons. The van der Waals surface area contributed by atoms with Crippen molar-refractivity contribution < 1.29 is 9.53 Å². The van der Waals surface area contributed by atoms with Gasteiger partial charge in [0.05, 0.1) is 12.6 Å². The summed E-state index contributed by atoms with van der Waals surface area (Å²) in [5.41, 5.74) is 4.81. The number of carbonyl (C=O) groups is 1. The van der Waals surface area contributed by atoms with Crippen LogP contribution in [0.2, 0.25) is 0 Å². The molecular weight excluding hydrogens is 374 g/mol. The molecule has 2 aromatic carbocycles. The Hall–Kier alpha value is -2.79. The Morgan fingerprint density at radius 1 is 1.20 bits per heavy atom. The van der Waals surface area contributed by atoms with Gasteiger partial charge in [0.1, 0.15) is 5.75 Å². The van der Waals surface area contributed by atoms with Crippen molar-refractivity contribution in [2.24, 2.45) is 0 Å². The minimum Gasteiger partial charge on any atom is -0.497 e. The van der Waals surface area contributed by atoms with Crippen LogP contribution in [0.25, 0.3) is 10.9 Å². The number of para-hydroxylation sites is 1. The van der Waals surface area contributed by atoms with Gasteiger partial charge in [-0.2, -0.15) is 0 Å². The number of amides is 1. The molecule has 0 unspecified atom stereocenters. The number of piperidine rings is 1. The Bertz CT molecular complexity index is 1090. The first-order valence-corrected chi connectivity index (χ1v) is 10.8. The highest BCUT2D eigenvalue weighted by atomic mass is 16.5. The third-order valence-corrected chi connectivity index (χ3v) is 6.98. The maximum atomic E-state index is 12.4. The Morgan fingerprint density at radius 2 is 2.07 bits per heavy atom. The fraction of sp³-hybridized carbons (Fsp3) is 0.400. The zero-order chi connectivity index (χ0) is 20.7. The molecular formula is C25H29N3O2. The monoisotopic (exact) mass is 403 g/mol. The molecule has 3 aromatic rings. The summed E-state index contributed by atoms with van der Waals surface area (Å²) in [5, 5.41) is 4.69. The van der Waals surface area contributed by atoms with E-state index in [-0.39, 0.29) is 17.4 Å². The fourth-order valence-electron chi connectivity index (χ4n) is 5.48. The van der Waals surface area contributed by atoms with Gasteiger partial charge in [-0.3, -0.25) is 9.69 Å². The predicted octanol–water partition coefficient (Wildman–Crippen LogP) is 4.12. The number of aromatic amines is 1. The summed E-state index contributed by atoms with van der Waals surface area (Å²) < 4.78 is 5.48. The van der Waals surface area contributed by atoms with Crippen LogP contribution < -0.4 is 10.1 Å². The van der Waals surface area contributed by atoms with Crippen molar-refractivity contribution >= 4 is 16.8 Å². The van der Waals surface area contributed by atoms with Crippen LogP contribution in [0.4, 0.5) is 0 Å². The number of aromatic nitrogens is 1. The maximum absolute atomic E-state index is 12.4. The lowest BCUT2D eigenvalue weighted by atomic mass is 9.76. The van der Waals surface area contributed by atoms with Crippen molar-refractivity contribution in [3.8, 4) is 5.75 Å². The highest BCUT2D eigenvalue weighted by Crippen LogP contribution is 2.42. The van der Waals surface area contributed by atoms with Gasteiger partial charge in [0.15, 0.2) is 0 Å². The van der Waals surface area contributed by atoms with E-state index >= 15 is 0 Å². The summed E-state index contributed by atoms with van der Waals surface area (Å²) in [5.74, 6) is 1.30. The number of nitrogens with zero attached hydrogens (tertiary/aromatic N) is 1. The summed E-state index contributed by atoms with van der Waals surface area (Å²) in [4.78, 5) is 18.5. The second-order valence-corrected chi connectivity index (χ2v) is 8.83. The molecule has 2 N–H and O–H groups in total. The minimum atomic E-state index is -0.207. The molecule has 2 atom stereocenters. The number of likely N-dealkylation sites (tertiary alicyclic amines) is 1. The lowest BCUT2D eigenvalue weighted by Gasteiger charge is -2.39. The van der Waals surface area contributed by atoms with Gasteiger partial charge in [0, 0.05) is 48.6 Å². The van der Waals surface area contributed by atoms with E-state index in [4.69, 9.17) is 4.74 Å². The van der Waals surface area contributed by atoms with Gasteiger partial charge in [-0.05, 0) is 49.1 Å². The summed E-state index contributed by atoms with van der Waals surface area (Å²) in [6.45, 7) is 4.85. The van der Waals surface area contributed by atoms with Crippen LogP contribution in [0.3, 0.4) is 0 Å².